The minimum Gasteiger partial charge on any atom is -0.497 e. The molecule has 0 aliphatic carbocycles. The number of hydrogen-bond donors (Lipinski definition) is 2. The van der Waals surface area contributed by atoms with Crippen LogP contribution in [-0.4, -0.2) is 29.1 Å². The van der Waals surface area contributed by atoms with Crippen LogP contribution in [0.5, 0.6) is 5.75 Å². The molecular formula is C22H24N4O4. The highest BCUT2D eigenvalue weighted by Crippen LogP contribution is 2.20. The van der Waals surface area contributed by atoms with E-state index in [2.05, 4.69) is 20.8 Å². The van der Waals surface area contributed by atoms with E-state index in [1.807, 2.05) is 24.3 Å². The predicted octanol–water partition coefficient (Wildman–Crippen LogP) is 4.06. The second kappa shape index (κ2) is 10.2. The van der Waals surface area contributed by atoms with Crippen LogP contribution >= 0.6 is 0 Å². The van der Waals surface area contributed by atoms with Crippen molar-refractivity contribution in [3.8, 4) is 17.1 Å². The van der Waals surface area contributed by atoms with Gasteiger partial charge in [-0.1, -0.05) is 12.1 Å². The zero-order valence-corrected chi connectivity index (χ0v) is 17.0. The first-order valence-electron chi connectivity index (χ1n) is 9.74. The molecule has 0 radical (unpaired) electrons. The normalized spacial score (nSPS) is 10.5. The van der Waals surface area contributed by atoms with Gasteiger partial charge in [-0.3, -0.25) is 9.59 Å². The van der Waals surface area contributed by atoms with Gasteiger partial charge in [-0.15, -0.1) is 0 Å². The van der Waals surface area contributed by atoms with Crippen molar-refractivity contribution in [1.82, 2.24) is 10.1 Å². The first-order chi connectivity index (χ1) is 14.6. The molecule has 0 saturated carbocycles. The molecule has 0 spiro atoms. The summed E-state index contributed by atoms with van der Waals surface area (Å²) < 4.78 is 10.4. The fraction of sp³-hybridized carbons (Fsp3) is 0.273. The zero-order chi connectivity index (χ0) is 21.3. The summed E-state index contributed by atoms with van der Waals surface area (Å²) >= 11 is 0. The highest BCUT2D eigenvalue weighted by molar-refractivity contribution is 5.92. The van der Waals surface area contributed by atoms with Crippen molar-refractivity contribution in [3.63, 3.8) is 0 Å². The van der Waals surface area contributed by atoms with Crippen molar-refractivity contribution >= 4 is 23.2 Å². The number of carbonyl (C=O) groups excluding carboxylic acids is 2. The van der Waals surface area contributed by atoms with Gasteiger partial charge >= 0.3 is 0 Å². The van der Waals surface area contributed by atoms with Gasteiger partial charge in [0.2, 0.25) is 23.5 Å². The van der Waals surface area contributed by atoms with Crippen LogP contribution in [0.1, 0.15) is 32.1 Å². The van der Waals surface area contributed by atoms with Crippen molar-refractivity contribution in [3.05, 3.63) is 54.4 Å². The Bertz CT molecular complexity index is 981. The Kier molecular flexibility index (Phi) is 7.15. The number of aryl methyl sites for hydroxylation is 1. The number of amides is 2. The molecule has 2 aromatic carbocycles. The average Bonchev–Trinajstić information content (AvgIpc) is 3.24. The third-order valence-corrected chi connectivity index (χ3v) is 4.38. The molecule has 8 heteroatoms. The molecule has 0 saturated heterocycles. The van der Waals surface area contributed by atoms with Crippen molar-refractivity contribution in [2.45, 2.75) is 32.6 Å². The van der Waals surface area contributed by atoms with Gasteiger partial charge in [-0.2, -0.15) is 4.98 Å². The van der Waals surface area contributed by atoms with E-state index in [1.165, 1.54) is 0 Å². The lowest BCUT2D eigenvalue weighted by Gasteiger charge is -2.07. The van der Waals surface area contributed by atoms with E-state index in [0.29, 0.717) is 48.8 Å². The highest BCUT2D eigenvalue weighted by Gasteiger charge is 2.10. The minimum absolute atomic E-state index is 0.0528. The topological polar surface area (TPSA) is 106 Å². The Morgan fingerprint density at radius 1 is 0.967 bits per heavy atom. The Balaban J connectivity index is 1.44. The van der Waals surface area contributed by atoms with Crippen LogP contribution in [0.15, 0.2) is 53.1 Å². The molecule has 1 aromatic heterocycles. The molecule has 2 amide bonds. The highest BCUT2D eigenvalue weighted by atomic mass is 16.5. The number of methoxy groups -OCH3 is 1. The zero-order valence-electron chi connectivity index (χ0n) is 17.0. The fourth-order valence-electron chi connectivity index (χ4n) is 2.72. The second-order valence-electron chi connectivity index (χ2n) is 6.62. The summed E-state index contributed by atoms with van der Waals surface area (Å²) in [6.07, 6.45) is 1.84. The summed E-state index contributed by atoms with van der Waals surface area (Å²) in [7, 11) is 1.61. The van der Waals surface area contributed by atoms with Crippen LogP contribution in [0, 0.1) is 0 Å². The first kappa shape index (κ1) is 21.0. The Morgan fingerprint density at radius 3 is 2.20 bits per heavy atom. The summed E-state index contributed by atoms with van der Waals surface area (Å²) in [5.74, 6) is 1.60. The van der Waals surface area contributed by atoms with Crippen LogP contribution in [0.4, 0.5) is 11.4 Å². The number of carbonyl (C=O) groups is 2. The van der Waals surface area contributed by atoms with E-state index < -0.39 is 0 Å². The molecule has 156 valence electrons. The van der Waals surface area contributed by atoms with Crippen molar-refractivity contribution in [2.24, 2.45) is 0 Å². The molecule has 8 nitrogen and oxygen atoms in total. The SMILES string of the molecule is CCC(=O)Nc1ccc(NC(=O)CCCc2nc(-c3ccc(OC)cc3)no2)cc1. The van der Waals surface area contributed by atoms with Gasteiger partial charge in [-0.05, 0) is 55.0 Å². The number of ether oxygens (including phenoxy) is 1. The lowest BCUT2D eigenvalue weighted by Crippen LogP contribution is -2.12. The Hall–Kier alpha value is -3.68. The van der Waals surface area contributed by atoms with Gasteiger partial charge in [0.1, 0.15) is 5.75 Å². The lowest BCUT2D eigenvalue weighted by molar-refractivity contribution is -0.117. The second-order valence-corrected chi connectivity index (χ2v) is 6.62. The van der Waals surface area contributed by atoms with Crippen molar-refractivity contribution in [2.75, 3.05) is 17.7 Å². The van der Waals surface area contributed by atoms with Crippen LogP contribution in [0.2, 0.25) is 0 Å². The monoisotopic (exact) mass is 408 g/mol. The van der Waals surface area contributed by atoms with Crippen LogP contribution in [0.25, 0.3) is 11.4 Å². The smallest absolute Gasteiger partial charge is 0.226 e. The number of aromatic nitrogens is 2. The Labute approximate surface area is 174 Å². The maximum absolute atomic E-state index is 12.1. The summed E-state index contributed by atoms with van der Waals surface area (Å²) in [5, 5.41) is 9.58. The molecule has 0 unspecified atom stereocenters. The number of rotatable bonds is 9. The summed E-state index contributed by atoms with van der Waals surface area (Å²) in [6, 6.07) is 14.4. The van der Waals surface area contributed by atoms with E-state index in [9.17, 15) is 9.59 Å². The van der Waals surface area contributed by atoms with Crippen LogP contribution in [0.3, 0.4) is 0 Å². The molecular weight excluding hydrogens is 384 g/mol. The molecule has 30 heavy (non-hydrogen) atoms. The largest absolute Gasteiger partial charge is 0.497 e. The summed E-state index contributed by atoms with van der Waals surface area (Å²) in [4.78, 5) is 27.9. The molecule has 3 rings (SSSR count). The maximum atomic E-state index is 12.1. The molecule has 0 bridgehead atoms. The van der Waals surface area contributed by atoms with Crippen molar-refractivity contribution in [1.29, 1.82) is 0 Å². The molecule has 0 fully saturated rings. The molecule has 0 aliphatic heterocycles. The van der Waals surface area contributed by atoms with Gasteiger partial charge in [-0.25, -0.2) is 0 Å². The minimum atomic E-state index is -0.102. The van der Waals surface area contributed by atoms with E-state index in [-0.39, 0.29) is 11.8 Å². The quantitative estimate of drug-likeness (QED) is 0.553. The molecule has 2 N–H and O–H groups in total. The summed E-state index contributed by atoms with van der Waals surface area (Å²) in [6.45, 7) is 1.79. The number of anilines is 2. The van der Waals surface area contributed by atoms with Crippen LogP contribution < -0.4 is 15.4 Å². The Morgan fingerprint density at radius 2 is 1.60 bits per heavy atom. The lowest BCUT2D eigenvalue weighted by atomic mass is 10.2. The molecule has 0 aliphatic rings. The third-order valence-electron chi connectivity index (χ3n) is 4.38. The van der Waals surface area contributed by atoms with Gasteiger partial charge in [0, 0.05) is 36.2 Å². The standard InChI is InChI=1S/C22H24N4O4/c1-3-19(27)23-16-9-11-17(12-10-16)24-20(28)5-4-6-21-25-22(26-30-21)15-7-13-18(29-2)14-8-15/h7-14H,3-6H2,1-2H3,(H,23,27)(H,24,28). The maximum Gasteiger partial charge on any atom is 0.226 e. The summed E-state index contributed by atoms with van der Waals surface area (Å²) in [5.41, 5.74) is 2.21. The average molecular weight is 408 g/mol. The van der Waals surface area contributed by atoms with Gasteiger partial charge < -0.3 is 19.9 Å². The number of benzene rings is 2. The number of hydrogen-bond acceptors (Lipinski definition) is 6. The van der Waals surface area contributed by atoms with Gasteiger partial charge in [0.25, 0.3) is 0 Å². The van der Waals surface area contributed by atoms with E-state index in [4.69, 9.17) is 9.26 Å². The number of nitrogens with one attached hydrogen (secondary N) is 2. The van der Waals surface area contributed by atoms with E-state index in [0.717, 1.165) is 11.3 Å². The van der Waals surface area contributed by atoms with E-state index >= 15 is 0 Å². The predicted molar refractivity (Wildman–Crippen MR) is 113 cm³/mol. The van der Waals surface area contributed by atoms with Gasteiger partial charge in [0.05, 0.1) is 7.11 Å². The van der Waals surface area contributed by atoms with Crippen molar-refractivity contribution < 1.29 is 18.8 Å². The van der Waals surface area contributed by atoms with E-state index in [1.54, 1.807) is 38.3 Å². The fourth-order valence-corrected chi connectivity index (χ4v) is 2.72. The molecule has 0 atom stereocenters. The van der Waals surface area contributed by atoms with Gasteiger partial charge in [0.15, 0.2) is 0 Å². The number of nitrogens with zero attached hydrogens (tertiary/aromatic N) is 2. The first-order valence-corrected chi connectivity index (χ1v) is 9.74. The molecule has 3 aromatic rings. The molecule has 1 heterocycles. The van der Waals surface area contributed by atoms with Crippen LogP contribution in [-0.2, 0) is 16.0 Å². The third kappa shape index (κ3) is 5.91.